The van der Waals surface area contributed by atoms with Crippen molar-refractivity contribution in [2.24, 2.45) is 0 Å². The Labute approximate surface area is 156 Å². The van der Waals surface area contributed by atoms with Crippen molar-refractivity contribution in [2.75, 3.05) is 0 Å². The van der Waals surface area contributed by atoms with Crippen molar-refractivity contribution in [3.05, 3.63) is 49.0 Å². The van der Waals surface area contributed by atoms with Gasteiger partial charge in [0.2, 0.25) is 0 Å². The third-order valence-corrected chi connectivity index (χ3v) is 5.83. The van der Waals surface area contributed by atoms with E-state index in [1.165, 1.54) is 4.90 Å². The summed E-state index contributed by atoms with van der Waals surface area (Å²) < 4.78 is 2.02. The molecule has 0 radical (unpaired) electrons. The summed E-state index contributed by atoms with van der Waals surface area (Å²) in [6, 6.07) is 8.20. The van der Waals surface area contributed by atoms with Crippen LogP contribution < -0.4 is 0 Å². The highest BCUT2D eigenvalue weighted by molar-refractivity contribution is 14.1. The second kappa shape index (κ2) is 7.15. The van der Waals surface area contributed by atoms with E-state index in [2.05, 4.69) is 76.4 Å². The van der Waals surface area contributed by atoms with Gasteiger partial charge in [-0.1, -0.05) is 54.4 Å². The number of rotatable bonds is 3. The molecular formula is C15H15BrClIN2S. The molecule has 0 saturated heterocycles. The summed E-state index contributed by atoms with van der Waals surface area (Å²) in [7, 11) is 0. The Morgan fingerprint density at radius 3 is 2.62 bits per heavy atom. The van der Waals surface area contributed by atoms with Gasteiger partial charge in [-0.15, -0.1) is 11.8 Å². The molecule has 0 saturated carbocycles. The van der Waals surface area contributed by atoms with E-state index in [1.807, 2.05) is 12.1 Å². The molecule has 0 bridgehead atoms. The van der Waals surface area contributed by atoms with Crippen molar-refractivity contribution in [1.29, 1.82) is 0 Å². The molecule has 0 aliphatic carbocycles. The van der Waals surface area contributed by atoms with Crippen LogP contribution in [0.5, 0.6) is 0 Å². The zero-order chi connectivity index (χ0) is 15.6. The summed E-state index contributed by atoms with van der Waals surface area (Å²) in [4.78, 5) is 10.3. The van der Waals surface area contributed by atoms with E-state index in [1.54, 1.807) is 11.8 Å². The van der Waals surface area contributed by atoms with Gasteiger partial charge in [-0.2, -0.15) is 0 Å². The minimum absolute atomic E-state index is 0.0434. The van der Waals surface area contributed by atoms with Crippen molar-refractivity contribution in [1.82, 2.24) is 9.97 Å². The summed E-state index contributed by atoms with van der Waals surface area (Å²) in [6.45, 7) is 6.41. The molecule has 2 nitrogen and oxygen atoms in total. The van der Waals surface area contributed by atoms with Crippen LogP contribution in [0, 0.1) is 3.57 Å². The van der Waals surface area contributed by atoms with Crippen LogP contribution in [0.4, 0.5) is 0 Å². The number of thioether (sulfide) groups is 1. The van der Waals surface area contributed by atoms with Crippen LogP contribution in [-0.2, 0) is 11.2 Å². The third-order valence-electron chi connectivity index (χ3n) is 2.73. The van der Waals surface area contributed by atoms with Gasteiger partial charge in [-0.05, 0) is 40.8 Å². The van der Waals surface area contributed by atoms with Crippen LogP contribution >= 0.6 is 61.9 Å². The Morgan fingerprint density at radius 1 is 1.29 bits per heavy atom. The van der Waals surface area contributed by atoms with E-state index in [0.717, 1.165) is 19.6 Å². The fourth-order valence-corrected chi connectivity index (χ4v) is 4.33. The number of nitrogens with zero attached hydrogens (tertiary/aromatic N) is 2. The molecule has 0 spiro atoms. The number of benzene rings is 1. The van der Waals surface area contributed by atoms with Crippen LogP contribution in [0.15, 0.2) is 33.6 Å². The van der Waals surface area contributed by atoms with Gasteiger partial charge >= 0.3 is 0 Å². The van der Waals surface area contributed by atoms with Crippen molar-refractivity contribution >= 4 is 61.9 Å². The second-order valence-electron chi connectivity index (χ2n) is 5.59. The lowest BCUT2D eigenvalue weighted by atomic mass is 9.92. The Kier molecular flexibility index (Phi) is 5.96. The Morgan fingerprint density at radius 2 is 2.00 bits per heavy atom. The first kappa shape index (κ1) is 17.5. The molecule has 0 aliphatic rings. The van der Waals surface area contributed by atoms with Gasteiger partial charge in [-0.3, -0.25) is 0 Å². The predicted molar refractivity (Wildman–Crippen MR) is 102 cm³/mol. The summed E-state index contributed by atoms with van der Waals surface area (Å²) in [6.07, 6.45) is 0. The van der Waals surface area contributed by atoms with Gasteiger partial charge in [0.05, 0.1) is 15.0 Å². The largest absolute Gasteiger partial charge is 0.235 e. The smallest absolute Gasteiger partial charge is 0.146 e. The Hall–Kier alpha value is 0.150. The highest BCUT2D eigenvalue weighted by Gasteiger charge is 2.22. The molecule has 112 valence electrons. The van der Waals surface area contributed by atoms with Gasteiger partial charge in [0.1, 0.15) is 11.0 Å². The molecule has 1 aromatic carbocycles. The standard InChI is InChI=1S/C15H15BrClIN2S/c1-15(2,3)13-12(18)14(17)20-11(19-13)8-21-10-6-4-5-9(16)7-10/h4-7H,8H2,1-3H3. The van der Waals surface area contributed by atoms with E-state index in [9.17, 15) is 0 Å². The molecule has 2 aromatic rings. The van der Waals surface area contributed by atoms with E-state index >= 15 is 0 Å². The molecule has 0 amide bonds. The lowest BCUT2D eigenvalue weighted by Crippen LogP contribution is -2.18. The fraction of sp³-hybridized carbons (Fsp3) is 0.333. The predicted octanol–water partition coefficient (Wildman–Crippen LogP) is 6.09. The topological polar surface area (TPSA) is 25.8 Å². The minimum Gasteiger partial charge on any atom is -0.235 e. The summed E-state index contributed by atoms with van der Waals surface area (Å²) >= 11 is 13.7. The van der Waals surface area contributed by atoms with Crippen LogP contribution in [-0.4, -0.2) is 9.97 Å². The van der Waals surface area contributed by atoms with E-state index in [0.29, 0.717) is 10.9 Å². The van der Waals surface area contributed by atoms with Gasteiger partial charge in [-0.25, -0.2) is 9.97 Å². The van der Waals surface area contributed by atoms with Crippen molar-refractivity contribution < 1.29 is 0 Å². The van der Waals surface area contributed by atoms with Gasteiger partial charge in [0, 0.05) is 14.8 Å². The van der Waals surface area contributed by atoms with Crippen LogP contribution in [0.3, 0.4) is 0 Å². The number of hydrogen-bond acceptors (Lipinski definition) is 3. The molecule has 21 heavy (non-hydrogen) atoms. The first-order valence-electron chi connectivity index (χ1n) is 6.38. The summed E-state index contributed by atoms with van der Waals surface area (Å²) in [5.41, 5.74) is 0.964. The molecule has 0 fully saturated rings. The van der Waals surface area contributed by atoms with Gasteiger partial charge in [0.25, 0.3) is 0 Å². The molecule has 1 aromatic heterocycles. The number of halogens is 3. The average molecular weight is 498 g/mol. The zero-order valence-corrected chi connectivity index (χ0v) is 17.3. The molecular weight excluding hydrogens is 483 g/mol. The van der Waals surface area contributed by atoms with Crippen molar-refractivity contribution in [3.63, 3.8) is 0 Å². The van der Waals surface area contributed by atoms with Crippen LogP contribution in [0.25, 0.3) is 0 Å². The van der Waals surface area contributed by atoms with Crippen LogP contribution in [0.1, 0.15) is 32.3 Å². The fourth-order valence-electron chi connectivity index (χ4n) is 1.73. The highest BCUT2D eigenvalue weighted by atomic mass is 127. The average Bonchev–Trinajstić information content (AvgIpc) is 2.38. The quantitative estimate of drug-likeness (QED) is 0.292. The lowest BCUT2D eigenvalue weighted by molar-refractivity contribution is 0.559. The third kappa shape index (κ3) is 4.81. The SMILES string of the molecule is CC(C)(C)c1nc(CSc2cccc(Br)c2)nc(Cl)c1I. The van der Waals surface area contributed by atoms with E-state index in [-0.39, 0.29) is 5.41 Å². The highest BCUT2D eigenvalue weighted by Crippen LogP contribution is 2.31. The second-order valence-corrected chi connectivity index (χ2v) is 8.99. The molecule has 0 N–H and O–H groups in total. The lowest BCUT2D eigenvalue weighted by Gasteiger charge is -2.20. The maximum atomic E-state index is 6.26. The maximum Gasteiger partial charge on any atom is 0.146 e. The summed E-state index contributed by atoms with van der Waals surface area (Å²) in [5.74, 6) is 1.48. The Bertz CT molecular complexity index is 659. The monoisotopic (exact) mass is 496 g/mol. The molecule has 0 atom stereocenters. The van der Waals surface area contributed by atoms with Gasteiger partial charge in [0.15, 0.2) is 0 Å². The Balaban J connectivity index is 2.23. The molecule has 0 unspecified atom stereocenters. The number of hydrogen-bond donors (Lipinski definition) is 0. The first-order valence-corrected chi connectivity index (χ1v) is 9.61. The molecule has 6 heteroatoms. The van der Waals surface area contributed by atoms with Crippen LogP contribution in [0.2, 0.25) is 5.15 Å². The van der Waals surface area contributed by atoms with Crippen molar-refractivity contribution in [3.8, 4) is 0 Å². The minimum atomic E-state index is -0.0434. The normalized spacial score (nSPS) is 11.7. The number of aromatic nitrogens is 2. The van der Waals surface area contributed by atoms with Crippen molar-refractivity contribution in [2.45, 2.75) is 36.8 Å². The van der Waals surface area contributed by atoms with E-state index in [4.69, 9.17) is 16.6 Å². The zero-order valence-electron chi connectivity index (χ0n) is 12.0. The molecule has 1 heterocycles. The van der Waals surface area contributed by atoms with Gasteiger partial charge < -0.3 is 0 Å². The first-order chi connectivity index (χ1) is 9.77. The maximum absolute atomic E-state index is 6.26. The molecule has 0 aliphatic heterocycles. The molecule has 2 rings (SSSR count). The summed E-state index contributed by atoms with van der Waals surface area (Å²) in [5, 5.41) is 0.542. The van der Waals surface area contributed by atoms with E-state index < -0.39 is 0 Å².